The average molecular weight is 259 g/mol. The number of methoxy groups -OCH3 is 1. The van der Waals surface area contributed by atoms with Crippen LogP contribution in [-0.4, -0.2) is 50.0 Å². The molecule has 0 radical (unpaired) electrons. The van der Waals surface area contributed by atoms with Crippen LogP contribution in [0.15, 0.2) is 12.7 Å². The first-order valence-electron chi connectivity index (χ1n) is 5.81. The average Bonchev–Trinajstić information content (AvgIpc) is 2.33. The molecule has 0 saturated heterocycles. The molecule has 0 spiro atoms. The summed E-state index contributed by atoms with van der Waals surface area (Å²) in [5, 5.41) is 11.3. The number of nitrogens with one attached hydrogen (secondary N) is 1. The lowest BCUT2D eigenvalue weighted by atomic mass is 10.1. The second-order valence-electron chi connectivity index (χ2n) is 3.72. The molecule has 0 aliphatic heterocycles. The van der Waals surface area contributed by atoms with Crippen molar-refractivity contribution in [3.8, 4) is 0 Å². The zero-order valence-corrected chi connectivity index (χ0v) is 10.7. The van der Waals surface area contributed by atoms with E-state index < -0.39 is 17.9 Å². The lowest BCUT2D eigenvalue weighted by Crippen LogP contribution is -2.42. The summed E-state index contributed by atoms with van der Waals surface area (Å²) in [5.41, 5.74) is 0. The van der Waals surface area contributed by atoms with Gasteiger partial charge in [-0.15, -0.1) is 6.58 Å². The molecule has 0 aromatic heterocycles. The van der Waals surface area contributed by atoms with Gasteiger partial charge in [0.25, 0.3) is 0 Å². The van der Waals surface area contributed by atoms with E-state index in [1.165, 1.54) is 7.11 Å². The van der Waals surface area contributed by atoms with E-state index in [4.69, 9.17) is 14.6 Å². The van der Waals surface area contributed by atoms with Gasteiger partial charge < -0.3 is 19.9 Å². The molecule has 0 aliphatic carbocycles. The van der Waals surface area contributed by atoms with Crippen molar-refractivity contribution in [1.29, 1.82) is 0 Å². The minimum atomic E-state index is -1.04. The molecule has 0 heterocycles. The first kappa shape index (κ1) is 16.6. The number of carboxylic acids is 1. The van der Waals surface area contributed by atoms with E-state index in [9.17, 15) is 9.59 Å². The van der Waals surface area contributed by atoms with E-state index in [0.717, 1.165) is 6.42 Å². The van der Waals surface area contributed by atoms with Gasteiger partial charge in [0.2, 0.25) is 5.91 Å². The van der Waals surface area contributed by atoms with E-state index in [-0.39, 0.29) is 6.61 Å². The highest BCUT2D eigenvalue weighted by atomic mass is 16.5. The van der Waals surface area contributed by atoms with Crippen molar-refractivity contribution >= 4 is 11.9 Å². The van der Waals surface area contributed by atoms with Gasteiger partial charge in [-0.3, -0.25) is 4.79 Å². The van der Waals surface area contributed by atoms with Crippen LogP contribution in [0.1, 0.15) is 19.3 Å². The zero-order valence-electron chi connectivity index (χ0n) is 10.7. The van der Waals surface area contributed by atoms with Crippen molar-refractivity contribution in [2.24, 2.45) is 0 Å². The Labute approximate surface area is 107 Å². The SMILES string of the molecule is C=CCCC[C@H](NC(=O)COCCOC)C(=O)O. The molecule has 0 bridgehead atoms. The van der Waals surface area contributed by atoms with Crippen molar-refractivity contribution < 1.29 is 24.2 Å². The summed E-state index contributed by atoms with van der Waals surface area (Å²) in [6.07, 6.45) is 3.50. The Kier molecular flexibility index (Phi) is 9.90. The van der Waals surface area contributed by atoms with Gasteiger partial charge in [-0.2, -0.15) is 0 Å². The lowest BCUT2D eigenvalue weighted by Gasteiger charge is -2.14. The molecule has 6 heteroatoms. The number of carbonyl (C=O) groups excluding carboxylic acids is 1. The first-order chi connectivity index (χ1) is 8.61. The predicted molar refractivity (Wildman–Crippen MR) is 66.3 cm³/mol. The molecule has 1 atom stereocenters. The third kappa shape index (κ3) is 8.72. The van der Waals surface area contributed by atoms with Gasteiger partial charge in [0.1, 0.15) is 12.6 Å². The summed E-state index contributed by atoms with van der Waals surface area (Å²) in [7, 11) is 1.53. The van der Waals surface area contributed by atoms with Crippen molar-refractivity contribution in [1.82, 2.24) is 5.32 Å². The topological polar surface area (TPSA) is 84.9 Å². The Bertz CT molecular complexity index is 267. The van der Waals surface area contributed by atoms with Gasteiger partial charge in [-0.25, -0.2) is 4.79 Å². The molecule has 104 valence electrons. The molecule has 0 aromatic rings. The minimum absolute atomic E-state index is 0.158. The summed E-state index contributed by atoms with van der Waals surface area (Å²) < 4.78 is 9.74. The number of unbranched alkanes of at least 4 members (excludes halogenated alkanes) is 1. The molecular weight excluding hydrogens is 238 g/mol. The van der Waals surface area contributed by atoms with Crippen LogP contribution in [-0.2, 0) is 19.1 Å². The highest BCUT2D eigenvalue weighted by Gasteiger charge is 2.18. The summed E-state index contributed by atoms with van der Waals surface area (Å²) in [5.74, 6) is -1.47. The second-order valence-corrected chi connectivity index (χ2v) is 3.72. The molecule has 18 heavy (non-hydrogen) atoms. The molecule has 1 amide bonds. The number of allylic oxidation sites excluding steroid dienone is 1. The number of hydrogen-bond acceptors (Lipinski definition) is 4. The fourth-order valence-corrected chi connectivity index (χ4v) is 1.27. The standard InChI is InChI=1S/C12H21NO5/c1-3-4-5-6-10(12(15)16)13-11(14)9-18-8-7-17-2/h3,10H,1,4-9H2,2H3,(H,13,14)(H,15,16)/t10-/m0/s1. The highest BCUT2D eigenvalue weighted by Crippen LogP contribution is 2.02. The van der Waals surface area contributed by atoms with Gasteiger partial charge in [-0.1, -0.05) is 6.08 Å². The monoisotopic (exact) mass is 259 g/mol. The van der Waals surface area contributed by atoms with E-state index in [2.05, 4.69) is 11.9 Å². The molecule has 2 N–H and O–H groups in total. The molecule has 0 unspecified atom stereocenters. The smallest absolute Gasteiger partial charge is 0.326 e. The Balaban J connectivity index is 3.88. The summed E-state index contributed by atoms with van der Waals surface area (Å²) >= 11 is 0. The Hall–Kier alpha value is -1.40. The molecule has 0 saturated carbocycles. The van der Waals surface area contributed by atoms with Crippen LogP contribution in [0.3, 0.4) is 0 Å². The Morgan fingerprint density at radius 1 is 1.44 bits per heavy atom. The van der Waals surface area contributed by atoms with Crippen LogP contribution in [0.2, 0.25) is 0 Å². The summed E-state index contributed by atoms with van der Waals surface area (Å²) in [6.45, 7) is 4.10. The van der Waals surface area contributed by atoms with Crippen molar-refractivity contribution in [2.45, 2.75) is 25.3 Å². The molecule has 6 nitrogen and oxygen atoms in total. The fourth-order valence-electron chi connectivity index (χ4n) is 1.27. The number of rotatable bonds is 11. The summed E-state index contributed by atoms with van der Waals surface area (Å²) in [6, 6.07) is -0.872. The second kappa shape index (κ2) is 10.7. The van der Waals surface area contributed by atoms with Gasteiger partial charge >= 0.3 is 5.97 Å². The van der Waals surface area contributed by atoms with Crippen LogP contribution < -0.4 is 5.32 Å². The normalized spacial score (nSPS) is 11.8. The van der Waals surface area contributed by atoms with Crippen LogP contribution in [0.5, 0.6) is 0 Å². The number of carboxylic acid groups (broad SMARTS) is 1. The first-order valence-corrected chi connectivity index (χ1v) is 5.81. The van der Waals surface area contributed by atoms with Crippen molar-refractivity contribution in [3.63, 3.8) is 0 Å². The van der Waals surface area contributed by atoms with Crippen molar-refractivity contribution in [2.75, 3.05) is 26.9 Å². The molecular formula is C12H21NO5. The largest absolute Gasteiger partial charge is 0.480 e. The van der Waals surface area contributed by atoms with E-state index in [1.54, 1.807) is 6.08 Å². The van der Waals surface area contributed by atoms with E-state index in [1.807, 2.05) is 0 Å². The number of hydrogen-bond donors (Lipinski definition) is 2. The number of ether oxygens (including phenoxy) is 2. The fraction of sp³-hybridized carbons (Fsp3) is 0.667. The van der Waals surface area contributed by atoms with Gasteiger partial charge in [-0.05, 0) is 19.3 Å². The summed E-state index contributed by atoms with van der Waals surface area (Å²) in [4.78, 5) is 22.3. The number of aliphatic carboxylic acids is 1. The lowest BCUT2D eigenvalue weighted by molar-refractivity contribution is -0.142. The third-order valence-electron chi connectivity index (χ3n) is 2.20. The number of carbonyl (C=O) groups is 2. The van der Waals surface area contributed by atoms with Crippen LogP contribution in [0, 0.1) is 0 Å². The van der Waals surface area contributed by atoms with E-state index in [0.29, 0.717) is 26.1 Å². The van der Waals surface area contributed by atoms with Gasteiger partial charge in [0, 0.05) is 7.11 Å². The van der Waals surface area contributed by atoms with Crippen LogP contribution in [0.25, 0.3) is 0 Å². The number of amides is 1. The van der Waals surface area contributed by atoms with E-state index >= 15 is 0 Å². The maximum Gasteiger partial charge on any atom is 0.326 e. The van der Waals surface area contributed by atoms with Gasteiger partial charge in [0.15, 0.2) is 0 Å². The highest BCUT2D eigenvalue weighted by molar-refractivity contribution is 5.84. The van der Waals surface area contributed by atoms with Gasteiger partial charge in [0.05, 0.1) is 13.2 Å². The molecule has 0 rings (SSSR count). The predicted octanol–water partition coefficient (Wildman–Crippen LogP) is 0.575. The maximum atomic E-state index is 11.4. The third-order valence-corrected chi connectivity index (χ3v) is 2.20. The molecule has 0 fully saturated rings. The minimum Gasteiger partial charge on any atom is -0.480 e. The molecule has 0 aromatic carbocycles. The van der Waals surface area contributed by atoms with Crippen LogP contribution in [0.4, 0.5) is 0 Å². The quantitative estimate of drug-likeness (QED) is 0.418. The van der Waals surface area contributed by atoms with Crippen LogP contribution >= 0.6 is 0 Å². The maximum absolute atomic E-state index is 11.4. The van der Waals surface area contributed by atoms with Crippen molar-refractivity contribution in [3.05, 3.63) is 12.7 Å². The zero-order chi connectivity index (χ0) is 13.8. The molecule has 0 aliphatic rings. The Morgan fingerprint density at radius 3 is 2.72 bits per heavy atom. The Morgan fingerprint density at radius 2 is 2.17 bits per heavy atom.